The van der Waals surface area contributed by atoms with Gasteiger partial charge in [0.25, 0.3) is 0 Å². The predicted octanol–water partition coefficient (Wildman–Crippen LogP) is 1.11. The lowest BCUT2D eigenvalue weighted by Crippen LogP contribution is -2.44. The topological polar surface area (TPSA) is 70.2 Å². The van der Waals surface area contributed by atoms with Crippen molar-refractivity contribution in [3.8, 4) is 0 Å². The Hall–Kier alpha value is -2.12. The van der Waals surface area contributed by atoms with E-state index in [1.165, 1.54) is 16.9 Å². The average molecular weight is 366 g/mol. The highest BCUT2D eigenvalue weighted by atomic mass is 35.5. The highest BCUT2D eigenvalue weighted by molar-refractivity contribution is 6.30. The van der Waals surface area contributed by atoms with Crippen molar-refractivity contribution in [3.63, 3.8) is 0 Å². The molecule has 2 aliphatic rings. The fourth-order valence-electron chi connectivity index (χ4n) is 2.82. The molecule has 1 saturated heterocycles. The van der Waals surface area contributed by atoms with Crippen LogP contribution in [0.15, 0.2) is 24.3 Å². The maximum absolute atomic E-state index is 12.6. The van der Waals surface area contributed by atoms with Gasteiger partial charge in [0.2, 0.25) is 17.7 Å². The van der Waals surface area contributed by atoms with Crippen molar-refractivity contribution in [2.24, 2.45) is 0 Å². The zero-order valence-corrected chi connectivity index (χ0v) is 14.7. The van der Waals surface area contributed by atoms with Gasteiger partial charge in [0, 0.05) is 23.9 Å². The first-order valence-electron chi connectivity index (χ1n) is 8.11. The summed E-state index contributed by atoms with van der Waals surface area (Å²) in [4.78, 5) is 41.5. The minimum atomic E-state index is -0.235. The van der Waals surface area contributed by atoms with Crippen molar-refractivity contribution in [2.75, 3.05) is 38.4 Å². The second-order valence-electron chi connectivity index (χ2n) is 6.22. The maximum atomic E-state index is 12.6. The molecule has 134 valence electrons. The minimum absolute atomic E-state index is 0.0123. The SMILES string of the molecule is COCC(=O)N(CC(=O)N1CC(=O)N(c2ccc(Cl)cc2)C1)C1CC1. The summed E-state index contributed by atoms with van der Waals surface area (Å²) in [5, 5.41) is 0.583. The zero-order valence-electron chi connectivity index (χ0n) is 14.0. The molecule has 0 atom stereocenters. The molecule has 1 aliphatic heterocycles. The van der Waals surface area contributed by atoms with E-state index in [1.807, 2.05) is 0 Å². The van der Waals surface area contributed by atoms with Crippen LogP contribution in [0, 0.1) is 0 Å². The molecule has 1 heterocycles. The second-order valence-corrected chi connectivity index (χ2v) is 6.65. The van der Waals surface area contributed by atoms with E-state index < -0.39 is 0 Å². The highest BCUT2D eigenvalue weighted by Crippen LogP contribution is 2.27. The Morgan fingerprint density at radius 2 is 1.96 bits per heavy atom. The van der Waals surface area contributed by atoms with Crippen molar-refractivity contribution >= 4 is 35.0 Å². The second kappa shape index (κ2) is 7.41. The van der Waals surface area contributed by atoms with Crippen LogP contribution < -0.4 is 4.90 Å². The molecule has 0 N–H and O–H groups in total. The Morgan fingerprint density at radius 1 is 1.28 bits per heavy atom. The quantitative estimate of drug-likeness (QED) is 0.757. The number of halogens is 1. The van der Waals surface area contributed by atoms with E-state index in [4.69, 9.17) is 16.3 Å². The summed E-state index contributed by atoms with van der Waals surface area (Å²) in [5.41, 5.74) is 0.694. The lowest BCUT2D eigenvalue weighted by Gasteiger charge is -2.24. The Morgan fingerprint density at radius 3 is 2.56 bits per heavy atom. The molecule has 25 heavy (non-hydrogen) atoms. The maximum Gasteiger partial charge on any atom is 0.249 e. The predicted molar refractivity (Wildman–Crippen MR) is 92.1 cm³/mol. The van der Waals surface area contributed by atoms with Gasteiger partial charge in [-0.25, -0.2) is 0 Å². The van der Waals surface area contributed by atoms with Crippen molar-refractivity contribution in [2.45, 2.75) is 18.9 Å². The average Bonchev–Trinajstić information content (AvgIpc) is 3.35. The number of hydrogen-bond acceptors (Lipinski definition) is 4. The van der Waals surface area contributed by atoms with Crippen LogP contribution in [0.3, 0.4) is 0 Å². The molecule has 0 radical (unpaired) electrons. The highest BCUT2D eigenvalue weighted by Gasteiger charge is 2.37. The van der Waals surface area contributed by atoms with Crippen LogP contribution in [0.5, 0.6) is 0 Å². The largest absolute Gasteiger partial charge is 0.375 e. The van der Waals surface area contributed by atoms with E-state index in [0.29, 0.717) is 10.7 Å². The van der Waals surface area contributed by atoms with E-state index in [1.54, 1.807) is 29.2 Å². The van der Waals surface area contributed by atoms with Gasteiger partial charge in [-0.2, -0.15) is 0 Å². The van der Waals surface area contributed by atoms with Crippen LogP contribution in [0.25, 0.3) is 0 Å². The first-order valence-corrected chi connectivity index (χ1v) is 8.49. The lowest BCUT2D eigenvalue weighted by atomic mass is 10.3. The summed E-state index contributed by atoms with van der Waals surface area (Å²) in [6.07, 6.45) is 1.80. The van der Waals surface area contributed by atoms with E-state index in [-0.39, 0.29) is 50.1 Å². The molecule has 0 spiro atoms. The van der Waals surface area contributed by atoms with Gasteiger partial charge in [-0.05, 0) is 37.1 Å². The summed E-state index contributed by atoms with van der Waals surface area (Å²) in [7, 11) is 1.45. The summed E-state index contributed by atoms with van der Waals surface area (Å²) in [6.45, 7) is 0.128. The molecule has 0 bridgehead atoms. The van der Waals surface area contributed by atoms with Gasteiger partial charge in [0.15, 0.2) is 0 Å². The third-order valence-electron chi connectivity index (χ3n) is 4.31. The molecular weight excluding hydrogens is 346 g/mol. The first-order chi connectivity index (χ1) is 12.0. The molecule has 1 saturated carbocycles. The standard InChI is InChI=1S/C17H20ClN3O4/c1-25-10-17(24)20(13-6-7-13)9-15(22)19-8-16(23)21(11-19)14-4-2-12(18)3-5-14/h2-5,13H,6-11H2,1H3. The number of ether oxygens (including phenoxy) is 1. The number of carbonyl (C=O) groups excluding carboxylic acids is 3. The number of amides is 3. The number of nitrogens with zero attached hydrogens (tertiary/aromatic N) is 3. The summed E-state index contributed by atoms with van der Waals surface area (Å²) < 4.78 is 4.88. The number of benzene rings is 1. The minimum Gasteiger partial charge on any atom is -0.375 e. The molecule has 8 heteroatoms. The Bertz CT molecular complexity index is 675. The van der Waals surface area contributed by atoms with Gasteiger partial charge < -0.3 is 14.5 Å². The molecule has 1 aliphatic carbocycles. The van der Waals surface area contributed by atoms with Gasteiger partial charge in [0.05, 0.1) is 0 Å². The molecule has 0 aromatic heterocycles. The Labute approximate surface area is 151 Å². The van der Waals surface area contributed by atoms with Gasteiger partial charge in [0.1, 0.15) is 26.4 Å². The van der Waals surface area contributed by atoms with Crippen molar-refractivity contribution in [3.05, 3.63) is 29.3 Å². The van der Waals surface area contributed by atoms with Crippen LogP contribution in [-0.4, -0.2) is 67.0 Å². The van der Waals surface area contributed by atoms with Crippen LogP contribution in [0.1, 0.15) is 12.8 Å². The van der Waals surface area contributed by atoms with Gasteiger partial charge in [-0.15, -0.1) is 0 Å². The molecule has 2 fully saturated rings. The van der Waals surface area contributed by atoms with E-state index in [9.17, 15) is 14.4 Å². The normalized spacial score (nSPS) is 17.1. The van der Waals surface area contributed by atoms with Crippen molar-refractivity contribution in [1.29, 1.82) is 0 Å². The monoisotopic (exact) mass is 365 g/mol. The van der Waals surface area contributed by atoms with Gasteiger partial charge in [-0.1, -0.05) is 11.6 Å². The molecule has 3 amide bonds. The summed E-state index contributed by atoms with van der Waals surface area (Å²) >= 11 is 5.87. The molecular formula is C17H20ClN3O4. The van der Waals surface area contributed by atoms with E-state index >= 15 is 0 Å². The van der Waals surface area contributed by atoms with Gasteiger partial charge >= 0.3 is 0 Å². The van der Waals surface area contributed by atoms with Crippen LogP contribution in [0.4, 0.5) is 5.69 Å². The zero-order chi connectivity index (χ0) is 18.0. The third-order valence-corrected chi connectivity index (χ3v) is 4.56. The molecule has 1 aromatic rings. The van der Waals surface area contributed by atoms with Gasteiger partial charge in [-0.3, -0.25) is 19.3 Å². The lowest BCUT2D eigenvalue weighted by molar-refractivity contribution is -0.143. The number of carbonyl (C=O) groups is 3. The summed E-state index contributed by atoms with van der Waals surface area (Å²) in [6, 6.07) is 7.00. The van der Waals surface area contributed by atoms with Crippen molar-refractivity contribution in [1.82, 2.24) is 9.80 Å². The molecule has 3 rings (SSSR count). The van der Waals surface area contributed by atoms with Crippen molar-refractivity contribution < 1.29 is 19.1 Å². The number of hydrogen-bond donors (Lipinski definition) is 0. The first kappa shape index (κ1) is 17.7. The number of anilines is 1. The van der Waals surface area contributed by atoms with Crippen LogP contribution in [-0.2, 0) is 19.1 Å². The fraction of sp³-hybridized carbons (Fsp3) is 0.471. The number of rotatable bonds is 6. The fourth-order valence-corrected chi connectivity index (χ4v) is 2.95. The molecule has 7 nitrogen and oxygen atoms in total. The summed E-state index contributed by atoms with van der Waals surface area (Å²) in [5.74, 6) is -0.587. The third kappa shape index (κ3) is 4.11. The Balaban J connectivity index is 1.63. The van der Waals surface area contributed by atoms with Crippen LogP contribution in [0.2, 0.25) is 5.02 Å². The van der Waals surface area contributed by atoms with E-state index in [0.717, 1.165) is 12.8 Å². The Kier molecular flexibility index (Phi) is 5.24. The smallest absolute Gasteiger partial charge is 0.249 e. The van der Waals surface area contributed by atoms with Crippen LogP contribution >= 0.6 is 11.6 Å². The molecule has 0 unspecified atom stereocenters. The van der Waals surface area contributed by atoms with E-state index in [2.05, 4.69) is 0 Å². The number of methoxy groups -OCH3 is 1. The molecule has 1 aromatic carbocycles.